The average Bonchev–Trinajstić information content (AvgIpc) is 2.38. The molecule has 1 aromatic rings. The van der Waals surface area contributed by atoms with Crippen molar-refractivity contribution in [3.8, 4) is 5.75 Å². The molecule has 0 bridgehead atoms. The van der Waals surface area contributed by atoms with Crippen molar-refractivity contribution in [2.45, 2.75) is 27.7 Å². The maximum Gasteiger partial charge on any atom is 0.147 e. The minimum absolute atomic E-state index is 0.526. The molecule has 0 aliphatic rings. The summed E-state index contributed by atoms with van der Waals surface area (Å²) >= 11 is 7.16. The molecule has 4 heteroatoms. The largest absolute Gasteiger partial charge is 0.492 e. The predicted octanol–water partition coefficient (Wildman–Crippen LogP) is 5.26. The predicted molar refractivity (Wildman–Crippen MR) is 94.4 cm³/mol. The molecule has 1 aromatic carbocycles. The highest BCUT2D eigenvalue weighted by Gasteiger charge is 2.09. The monoisotopic (exact) mass is 403 g/mol. The van der Waals surface area contributed by atoms with Crippen molar-refractivity contribution < 1.29 is 4.74 Å². The van der Waals surface area contributed by atoms with Gasteiger partial charge in [0, 0.05) is 6.54 Å². The van der Waals surface area contributed by atoms with Gasteiger partial charge in [-0.1, -0.05) is 32.4 Å². The van der Waals surface area contributed by atoms with Crippen LogP contribution in [0.3, 0.4) is 0 Å². The summed E-state index contributed by atoms with van der Waals surface area (Å²) in [6.07, 6.45) is 2.25. The van der Waals surface area contributed by atoms with Crippen LogP contribution in [0.5, 0.6) is 5.75 Å². The Morgan fingerprint density at radius 1 is 1.25 bits per heavy atom. The number of benzene rings is 1. The number of hydrogen-bond acceptors (Lipinski definition) is 2. The Morgan fingerprint density at radius 3 is 2.30 bits per heavy atom. The molecule has 1 rings (SSSR count). The first-order valence-electron chi connectivity index (χ1n) is 7.02. The standard InChI is InChI=1S/C16H23Br2NO/c1-5-19-10-13(11(3)4)7-12-8-14(17)16(20-6-2)15(18)9-12/h7-9,11,19H,5-6,10H2,1-4H3. The van der Waals surface area contributed by atoms with Crippen molar-refractivity contribution >= 4 is 37.9 Å². The molecule has 0 aromatic heterocycles. The summed E-state index contributed by atoms with van der Waals surface area (Å²) in [6.45, 7) is 11.1. The Balaban J connectivity index is 3.06. The summed E-state index contributed by atoms with van der Waals surface area (Å²) in [7, 11) is 0. The molecule has 0 saturated heterocycles. The summed E-state index contributed by atoms with van der Waals surface area (Å²) in [5.74, 6) is 1.39. The average molecular weight is 405 g/mol. The van der Waals surface area contributed by atoms with Crippen LogP contribution in [0.25, 0.3) is 6.08 Å². The van der Waals surface area contributed by atoms with Crippen molar-refractivity contribution in [2.24, 2.45) is 5.92 Å². The molecule has 20 heavy (non-hydrogen) atoms. The third-order valence-electron chi connectivity index (χ3n) is 2.98. The van der Waals surface area contributed by atoms with Gasteiger partial charge in [-0.15, -0.1) is 0 Å². The van der Waals surface area contributed by atoms with E-state index in [0.29, 0.717) is 12.5 Å². The van der Waals surface area contributed by atoms with Gasteiger partial charge in [0.2, 0.25) is 0 Å². The molecule has 0 unspecified atom stereocenters. The zero-order chi connectivity index (χ0) is 15.1. The Bertz CT molecular complexity index is 447. The van der Waals surface area contributed by atoms with E-state index in [2.05, 4.69) is 76.2 Å². The van der Waals surface area contributed by atoms with Gasteiger partial charge in [-0.2, -0.15) is 0 Å². The topological polar surface area (TPSA) is 21.3 Å². The number of likely N-dealkylation sites (N-methyl/N-ethyl adjacent to an activating group) is 1. The maximum absolute atomic E-state index is 5.61. The number of ether oxygens (including phenoxy) is 1. The Labute approximate surface area is 139 Å². The zero-order valence-electron chi connectivity index (χ0n) is 12.6. The van der Waals surface area contributed by atoms with Gasteiger partial charge in [0.25, 0.3) is 0 Å². The Morgan fingerprint density at radius 2 is 1.85 bits per heavy atom. The van der Waals surface area contributed by atoms with E-state index in [-0.39, 0.29) is 0 Å². The molecule has 0 spiro atoms. The Hall–Kier alpha value is -0.320. The summed E-state index contributed by atoms with van der Waals surface area (Å²) in [6, 6.07) is 4.20. The first kappa shape index (κ1) is 17.7. The summed E-state index contributed by atoms with van der Waals surface area (Å²) in [5.41, 5.74) is 2.57. The van der Waals surface area contributed by atoms with E-state index in [0.717, 1.165) is 27.8 Å². The first-order valence-corrected chi connectivity index (χ1v) is 8.61. The van der Waals surface area contributed by atoms with Crippen molar-refractivity contribution in [3.05, 3.63) is 32.2 Å². The quantitative estimate of drug-likeness (QED) is 0.669. The molecule has 0 radical (unpaired) electrons. The van der Waals surface area contributed by atoms with Crippen LogP contribution in [0, 0.1) is 5.92 Å². The lowest BCUT2D eigenvalue weighted by Crippen LogP contribution is -2.18. The fraction of sp³-hybridized carbons (Fsp3) is 0.500. The van der Waals surface area contributed by atoms with E-state index in [1.165, 1.54) is 11.1 Å². The summed E-state index contributed by atoms with van der Waals surface area (Å²) in [5, 5.41) is 3.39. The molecule has 2 nitrogen and oxygen atoms in total. The number of hydrogen-bond donors (Lipinski definition) is 1. The number of nitrogens with one attached hydrogen (secondary N) is 1. The normalized spacial score (nSPS) is 12.1. The molecular weight excluding hydrogens is 382 g/mol. The van der Waals surface area contributed by atoms with E-state index in [9.17, 15) is 0 Å². The minimum atomic E-state index is 0.526. The third-order valence-corrected chi connectivity index (χ3v) is 4.16. The minimum Gasteiger partial charge on any atom is -0.492 e. The van der Waals surface area contributed by atoms with Crippen LogP contribution >= 0.6 is 31.9 Å². The first-order chi connectivity index (χ1) is 9.49. The van der Waals surface area contributed by atoms with Crippen LogP contribution in [-0.4, -0.2) is 19.7 Å². The van der Waals surface area contributed by atoms with Crippen molar-refractivity contribution in [3.63, 3.8) is 0 Å². The van der Waals surface area contributed by atoms with Crippen molar-refractivity contribution in [2.75, 3.05) is 19.7 Å². The van der Waals surface area contributed by atoms with Crippen molar-refractivity contribution in [1.82, 2.24) is 5.32 Å². The summed E-state index contributed by atoms with van der Waals surface area (Å²) < 4.78 is 7.57. The number of rotatable bonds is 7. The second-order valence-electron chi connectivity index (χ2n) is 4.90. The van der Waals surface area contributed by atoms with Crippen LogP contribution in [0.2, 0.25) is 0 Å². The highest BCUT2D eigenvalue weighted by molar-refractivity contribution is 9.11. The van der Waals surface area contributed by atoms with Gasteiger partial charge in [-0.05, 0) is 68.9 Å². The molecule has 0 saturated carbocycles. The van der Waals surface area contributed by atoms with Crippen molar-refractivity contribution in [1.29, 1.82) is 0 Å². The molecule has 0 fully saturated rings. The van der Waals surface area contributed by atoms with Crippen LogP contribution in [0.4, 0.5) is 0 Å². The maximum atomic E-state index is 5.61. The van der Waals surface area contributed by atoms with Gasteiger partial charge in [0.15, 0.2) is 0 Å². The van der Waals surface area contributed by atoms with Gasteiger partial charge in [0.1, 0.15) is 5.75 Å². The van der Waals surface area contributed by atoms with Crippen LogP contribution < -0.4 is 10.1 Å². The van der Waals surface area contributed by atoms with Gasteiger partial charge in [0.05, 0.1) is 15.6 Å². The molecule has 0 amide bonds. The van der Waals surface area contributed by atoms with E-state index in [1.54, 1.807) is 0 Å². The van der Waals surface area contributed by atoms with Crippen LogP contribution in [0.15, 0.2) is 26.7 Å². The molecule has 0 heterocycles. The molecule has 0 aliphatic carbocycles. The fourth-order valence-electron chi connectivity index (χ4n) is 1.85. The lowest BCUT2D eigenvalue weighted by atomic mass is 10.00. The number of halogens is 2. The van der Waals surface area contributed by atoms with Crippen LogP contribution in [0.1, 0.15) is 33.3 Å². The third kappa shape index (κ3) is 5.23. The second kappa shape index (κ2) is 8.85. The van der Waals surface area contributed by atoms with Gasteiger partial charge < -0.3 is 10.1 Å². The van der Waals surface area contributed by atoms with E-state index >= 15 is 0 Å². The smallest absolute Gasteiger partial charge is 0.147 e. The van der Waals surface area contributed by atoms with Gasteiger partial charge >= 0.3 is 0 Å². The fourth-order valence-corrected chi connectivity index (χ4v) is 3.30. The summed E-state index contributed by atoms with van der Waals surface area (Å²) in [4.78, 5) is 0. The highest BCUT2D eigenvalue weighted by atomic mass is 79.9. The van der Waals surface area contributed by atoms with Gasteiger partial charge in [-0.3, -0.25) is 0 Å². The lowest BCUT2D eigenvalue weighted by molar-refractivity contribution is 0.336. The second-order valence-corrected chi connectivity index (χ2v) is 6.61. The van der Waals surface area contributed by atoms with E-state index in [4.69, 9.17) is 4.74 Å². The van der Waals surface area contributed by atoms with Gasteiger partial charge in [-0.25, -0.2) is 0 Å². The lowest BCUT2D eigenvalue weighted by Gasteiger charge is -2.14. The van der Waals surface area contributed by atoms with E-state index in [1.807, 2.05) is 6.92 Å². The molecule has 1 N–H and O–H groups in total. The van der Waals surface area contributed by atoms with E-state index < -0.39 is 0 Å². The highest BCUT2D eigenvalue weighted by Crippen LogP contribution is 2.35. The SMILES string of the molecule is CCNCC(=Cc1cc(Br)c(OCC)c(Br)c1)C(C)C. The zero-order valence-corrected chi connectivity index (χ0v) is 15.8. The molecular formula is C16H23Br2NO. The van der Waals surface area contributed by atoms with Crippen LogP contribution in [-0.2, 0) is 0 Å². The molecule has 0 atom stereocenters. The molecule has 0 aliphatic heterocycles. The Kier molecular flexibility index (Phi) is 7.85. The molecule has 112 valence electrons.